The number of rotatable bonds is 7. The average molecular weight is 227 g/mol. The largest absolute Gasteiger partial charge is 0.396 e. The third-order valence-electron chi connectivity index (χ3n) is 3.98. The number of hydrogen-bond acceptors (Lipinski definition) is 2. The summed E-state index contributed by atoms with van der Waals surface area (Å²) in [5, 5.41) is 12.6. The zero-order valence-electron chi connectivity index (χ0n) is 11.0. The molecule has 0 aliphatic heterocycles. The van der Waals surface area contributed by atoms with Crippen molar-refractivity contribution >= 4 is 0 Å². The molecule has 0 aromatic rings. The third-order valence-corrected chi connectivity index (χ3v) is 3.98. The predicted octanol–water partition coefficient (Wildman–Crippen LogP) is 2.95. The fraction of sp³-hybridized carbons (Fsp3) is 1.00. The monoisotopic (exact) mass is 227 g/mol. The zero-order valence-corrected chi connectivity index (χ0v) is 11.0. The SMILES string of the molecule is CCC1CCCC(NCCCC(C)CO)C1. The fourth-order valence-corrected chi connectivity index (χ4v) is 2.70. The topological polar surface area (TPSA) is 32.3 Å². The summed E-state index contributed by atoms with van der Waals surface area (Å²) in [6.45, 7) is 5.90. The molecule has 1 fully saturated rings. The first kappa shape index (κ1) is 14.0. The summed E-state index contributed by atoms with van der Waals surface area (Å²) in [6.07, 6.45) is 9.29. The summed E-state index contributed by atoms with van der Waals surface area (Å²) in [4.78, 5) is 0. The van der Waals surface area contributed by atoms with Gasteiger partial charge in [-0.1, -0.05) is 33.1 Å². The van der Waals surface area contributed by atoms with Crippen LogP contribution in [-0.4, -0.2) is 24.3 Å². The fourth-order valence-electron chi connectivity index (χ4n) is 2.70. The van der Waals surface area contributed by atoms with E-state index in [2.05, 4.69) is 19.2 Å². The molecule has 1 rings (SSSR count). The van der Waals surface area contributed by atoms with Crippen LogP contribution in [0.4, 0.5) is 0 Å². The van der Waals surface area contributed by atoms with E-state index in [1.54, 1.807) is 0 Å². The van der Waals surface area contributed by atoms with E-state index in [9.17, 15) is 0 Å². The molecular weight excluding hydrogens is 198 g/mol. The van der Waals surface area contributed by atoms with Crippen molar-refractivity contribution in [3.63, 3.8) is 0 Å². The van der Waals surface area contributed by atoms with Crippen molar-refractivity contribution in [3.8, 4) is 0 Å². The minimum Gasteiger partial charge on any atom is -0.396 e. The van der Waals surface area contributed by atoms with Crippen molar-refractivity contribution in [1.29, 1.82) is 0 Å². The van der Waals surface area contributed by atoms with Gasteiger partial charge in [-0.25, -0.2) is 0 Å². The minimum atomic E-state index is 0.335. The molecule has 1 aliphatic rings. The van der Waals surface area contributed by atoms with Crippen molar-refractivity contribution < 1.29 is 5.11 Å². The number of aliphatic hydroxyl groups excluding tert-OH is 1. The Hall–Kier alpha value is -0.0800. The molecule has 0 amide bonds. The van der Waals surface area contributed by atoms with Crippen LogP contribution in [0.5, 0.6) is 0 Å². The van der Waals surface area contributed by atoms with Crippen LogP contribution in [-0.2, 0) is 0 Å². The maximum Gasteiger partial charge on any atom is 0.0456 e. The van der Waals surface area contributed by atoms with Crippen LogP contribution in [0.1, 0.15) is 58.8 Å². The molecule has 0 aromatic heterocycles. The lowest BCUT2D eigenvalue weighted by Crippen LogP contribution is -2.34. The van der Waals surface area contributed by atoms with E-state index in [0.29, 0.717) is 12.5 Å². The molecule has 16 heavy (non-hydrogen) atoms. The Kier molecular flexibility index (Phi) is 7.06. The molecular formula is C14H29NO. The first-order valence-corrected chi connectivity index (χ1v) is 7.10. The Balaban J connectivity index is 2.04. The number of nitrogens with one attached hydrogen (secondary N) is 1. The summed E-state index contributed by atoms with van der Waals surface area (Å²) < 4.78 is 0. The first-order valence-electron chi connectivity index (χ1n) is 7.10. The van der Waals surface area contributed by atoms with Crippen LogP contribution in [0.3, 0.4) is 0 Å². The summed E-state index contributed by atoms with van der Waals surface area (Å²) in [6, 6.07) is 0.767. The van der Waals surface area contributed by atoms with Crippen LogP contribution >= 0.6 is 0 Å². The zero-order chi connectivity index (χ0) is 11.8. The molecule has 96 valence electrons. The van der Waals surface area contributed by atoms with Gasteiger partial charge >= 0.3 is 0 Å². The van der Waals surface area contributed by atoms with Crippen molar-refractivity contribution in [2.75, 3.05) is 13.2 Å². The van der Waals surface area contributed by atoms with Gasteiger partial charge in [0.1, 0.15) is 0 Å². The smallest absolute Gasteiger partial charge is 0.0456 e. The first-order chi connectivity index (χ1) is 7.76. The van der Waals surface area contributed by atoms with Crippen molar-refractivity contribution in [2.24, 2.45) is 11.8 Å². The van der Waals surface area contributed by atoms with Crippen LogP contribution < -0.4 is 5.32 Å². The highest BCUT2D eigenvalue weighted by atomic mass is 16.3. The van der Waals surface area contributed by atoms with Gasteiger partial charge in [-0.3, -0.25) is 0 Å². The second-order valence-corrected chi connectivity index (χ2v) is 5.52. The summed E-state index contributed by atoms with van der Waals surface area (Å²) >= 11 is 0. The van der Waals surface area contributed by atoms with Crippen LogP contribution in [0.2, 0.25) is 0 Å². The molecule has 0 heterocycles. The number of hydrogen-bond donors (Lipinski definition) is 2. The lowest BCUT2D eigenvalue weighted by atomic mass is 9.84. The molecule has 0 saturated heterocycles. The van der Waals surface area contributed by atoms with Gasteiger partial charge in [0, 0.05) is 12.6 Å². The normalized spacial score (nSPS) is 27.9. The molecule has 2 nitrogen and oxygen atoms in total. The standard InChI is InChI=1S/C14H29NO/c1-3-13-7-4-8-14(10-13)15-9-5-6-12(2)11-16/h12-16H,3-11H2,1-2H3. The highest BCUT2D eigenvalue weighted by molar-refractivity contribution is 4.77. The summed E-state index contributed by atoms with van der Waals surface area (Å²) in [5.41, 5.74) is 0. The molecule has 1 saturated carbocycles. The van der Waals surface area contributed by atoms with Gasteiger partial charge < -0.3 is 10.4 Å². The Morgan fingerprint density at radius 2 is 2.19 bits per heavy atom. The van der Waals surface area contributed by atoms with E-state index < -0.39 is 0 Å². The molecule has 0 radical (unpaired) electrons. The molecule has 2 heteroatoms. The van der Waals surface area contributed by atoms with E-state index in [0.717, 1.165) is 24.9 Å². The van der Waals surface area contributed by atoms with Crippen LogP contribution in [0, 0.1) is 11.8 Å². The van der Waals surface area contributed by atoms with Crippen LogP contribution in [0.25, 0.3) is 0 Å². The van der Waals surface area contributed by atoms with E-state index in [-0.39, 0.29) is 0 Å². The van der Waals surface area contributed by atoms with Gasteiger partial charge in [0.2, 0.25) is 0 Å². The highest BCUT2D eigenvalue weighted by Crippen LogP contribution is 2.26. The van der Waals surface area contributed by atoms with E-state index in [4.69, 9.17) is 5.11 Å². The van der Waals surface area contributed by atoms with E-state index in [1.165, 1.54) is 38.5 Å². The average Bonchev–Trinajstić information content (AvgIpc) is 2.34. The molecule has 0 spiro atoms. The Morgan fingerprint density at radius 1 is 1.38 bits per heavy atom. The van der Waals surface area contributed by atoms with Gasteiger partial charge in [0.15, 0.2) is 0 Å². The van der Waals surface area contributed by atoms with Crippen molar-refractivity contribution in [2.45, 2.75) is 64.8 Å². The second-order valence-electron chi connectivity index (χ2n) is 5.52. The number of aliphatic hydroxyl groups is 1. The molecule has 0 aromatic carbocycles. The lowest BCUT2D eigenvalue weighted by Gasteiger charge is -2.29. The quantitative estimate of drug-likeness (QED) is 0.655. The maximum atomic E-state index is 8.93. The van der Waals surface area contributed by atoms with Crippen LogP contribution in [0.15, 0.2) is 0 Å². The van der Waals surface area contributed by atoms with Crippen molar-refractivity contribution in [1.82, 2.24) is 5.32 Å². The summed E-state index contributed by atoms with van der Waals surface area (Å²) in [5.74, 6) is 1.43. The van der Waals surface area contributed by atoms with Gasteiger partial charge in [0.25, 0.3) is 0 Å². The van der Waals surface area contributed by atoms with Gasteiger partial charge in [-0.2, -0.15) is 0 Å². The highest BCUT2D eigenvalue weighted by Gasteiger charge is 2.19. The van der Waals surface area contributed by atoms with Gasteiger partial charge in [-0.05, 0) is 44.1 Å². The molecule has 3 atom stereocenters. The Morgan fingerprint density at radius 3 is 2.88 bits per heavy atom. The van der Waals surface area contributed by atoms with Gasteiger partial charge in [0.05, 0.1) is 0 Å². The molecule has 0 bridgehead atoms. The van der Waals surface area contributed by atoms with Gasteiger partial charge in [-0.15, -0.1) is 0 Å². The molecule has 2 N–H and O–H groups in total. The minimum absolute atomic E-state index is 0.335. The third kappa shape index (κ3) is 5.31. The molecule has 3 unspecified atom stereocenters. The lowest BCUT2D eigenvalue weighted by molar-refractivity contribution is 0.225. The predicted molar refractivity (Wildman–Crippen MR) is 69.5 cm³/mol. The summed E-state index contributed by atoms with van der Waals surface area (Å²) in [7, 11) is 0. The Labute approximate surface area is 101 Å². The van der Waals surface area contributed by atoms with Crippen molar-refractivity contribution in [3.05, 3.63) is 0 Å². The Bertz CT molecular complexity index is 172. The van der Waals surface area contributed by atoms with E-state index >= 15 is 0 Å². The maximum absolute atomic E-state index is 8.93. The van der Waals surface area contributed by atoms with E-state index in [1.807, 2.05) is 0 Å². The molecule has 1 aliphatic carbocycles. The second kappa shape index (κ2) is 8.08.